The van der Waals surface area contributed by atoms with Crippen molar-refractivity contribution in [2.75, 3.05) is 13.1 Å². The Morgan fingerprint density at radius 2 is 2.18 bits per heavy atom. The highest BCUT2D eigenvalue weighted by atomic mass is 32.1. The second kappa shape index (κ2) is 7.01. The first-order valence-electron chi connectivity index (χ1n) is 7.86. The fraction of sp³-hybridized carbons (Fsp3) is 0.471. The van der Waals surface area contributed by atoms with Gasteiger partial charge in [0.05, 0.1) is 5.69 Å². The van der Waals surface area contributed by atoms with Crippen LogP contribution in [0.4, 0.5) is 0 Å². The van der Waals surface area contributed by atoms with E-state index in [9.17, 15) is 4.79 Å². The zero-order valence-corrected chi connectivity index (χ0v) is 13.7. The number of carbonyl (C=O) groups excluding carboxylic acids is 1. The summed E-state index contributed by atoms with van der Waals surface area (Å²) < 4.78 is 3.88. The molecule has 1 atom stereocenters. The van der Waals surface area contributed by atoms with Crippen LogP contribution in [0.15, 0.2) is 30.3 Å². The molecule has 0 bridgehead atoms. The summed E-state index contributed by atoms with van der Waals surface area (Å²) >= 11 is 1.21. The summed E-state index contributed by atoms with van der Waals surface area (Å²) in [5, 5.41) is 3.95. The molecule has 1 saturated heterocycles. The highest BCUT2D eigenvalue weighted by Gasteiger charge is 2.26. The summed E-state index contributed by atoms with van der Waals surface area (Å²) in [6.07, 6.45) is 4.55. The van der Waals surface area contributed by atoms with Crippen LogP contribution in [-0.4, -0.2) is 33.5 Å². The maximum atomic E-state index is 12.6. The number of aryl methyl sites for hydroxylation is 2. The van der Waals surface area contributed by atoms with Gasteiger partial charge in [-0.3, -0.25) is 4.79 Å². The molecule has 0 radical (unpaired) electrons. The summed E-state index contributed by atoms with van der Waals surface area (Å²) in [4.78, 5) is 15.2. The number of piperidine rings is 1. The van der Waals surface area contributed by atoms with Crippen LogP contribution in [0.5, 0.6) is 0 Å². The summed E-state index contributed by atoms with van der Waals surface area (Å²) in [6.45, 7) is 3.58. The molecule has 3 rings (SSSR count). The topological polar surface area (TPSA) is 46.1 Å². The van der Waals surface area contributed by atoms with Crippen LogP contribution in [-0.2, 0) is 6.42 Å². The number of nitrogens with zero attached hydrogens (tertiary/aromatic N) is 3. The summed E-state index contributed by atoms with van der Waals surface area (Å²) in [5.74, 6) is 0.705. The molecule has 2 aromatic rings. The minimum atomic E-state index is 0.108. The van der Waals surface area contributed by atoms with Gasteiger partial charge in [0.25, 0.3) is 5.91 Å². The Morgan fingerprint density at radius 1 is 1.36 bits per heavy atom. The number of hydrogen-bond donors (Lipinski definition) is 0. The second-order valence-corrected chi connectivity index (χ2v) is 6.73. The Morgan fingerprint density at radius 3 is 2.91 bits per heavy atom. The van der Waals surface area contributed by atoms with Crippen molar-refractivity contribution in [3.05, 3.63) is 46.5 Å². The third-order valence-electron chi connectivity index (χ3n) is 4.34. The third-order valence-corrected chi connectivity index (χ3v) is 5.15. The van der Waals surface area contributed by atoms with Crippen molar-refractivity contribution in [3.63, 3.8) is 0 Å². The Hall–Kier alpha value is -1.75. The average molecular weight is 315 g/mol. The van der Waals surface area contributed by atoms with Gasteiger partial charge < -0.3 is 4.90 Å². The van der Waals surface area contributed by atoms with Crippen molar-refractivity contribution in [2.45, 2.75) is 32.6 Å². The highest BCUT2D eigenvalue weighted by molar-refractivity contribution is 7.07. The molecule has 116 valence electrons. The van der Waals surface area contributed by atoms with E-state index in [4.69, 9.17) is 0 Å². The smallest absolute Gasteiger partial charge is 0.267 e. The van der Waals surface area contributed by atoms with E-state index in [0.29, 0.717) is 10.8 Å². The third kappa shape index (κ3) is 3.53. The molecule has 1 aromatic carbocycles. The zero-order chi connectivity index (χ0) is 15.4. The van der Waals surface area contributed by atoms with Crippen molar-refractivity contribution in [1.29, 1.82) is 0 Å². The molecule has 22 heavy (non-hydrogen) atoms. The van der Waals surface area contributed by atoms with Crippen LogP contribution in [0, 0.1) is 12.8 Å². The highest BCUT2D eigenvalue weighted by Crippen LogP contribution is 2.24. The van der Waals surface area contributed by atoms with Crippen molar-refractivity contribution in [2.24, 2.45) is 5.92 Å². The predicted molar refractivity (Wildman–Crippen MR) is 88.0 cm³/mol. The molecular weight excluding hydrogens is 294 g/mol. The standard InChI is InChI=1S/C17H21N3OS/c1-13-16(22-19-18-13)17(21)20-11-5-8-15(12-20)10-9-14-6-3-2-4-7-14/h2-4,6-7,15H,5,8-12H2,1H3/t15-/m0/s1. The molecule has 1 amide bonds. The van der Waals surface area contributed by atoms with Gasteiger partial charge in [0.1, 0.15) is 4.88 Å². The Bertz CT molecular complexity index is 626. The van der Waals surface area contributed by atoms with E-state index < -0.39 is 0 Å². The molecule has 0 spiro atoms. The number of likely N-dealkylation sites (tertiary alicyclic amines) is 1. The minimum Gasteiger partial charge on any atom is -0.338 e. The Kier molecular flexibility index (Phi) is 4.83. The lowest BCUT2D eigenvalue weighted by Gasteiger charge is -2.32. The molecule has 5 heteroatoms. The van der Waals surface area contributed by atoms with Crippen molar-refractivity contribution in [1.82, 2.24) is 14.5 Å². The molecular formula is C17H21N3OS. The van der Waals surface area contributed by atoms with E-state index >= 15 is 0 Å². The van der Waals surface area contributed by atoms with E-state index in [1.165, 1.54) is 23.5 Å². The maximum Gasteiger partial charge on any atom is 0.267 e. The van der Waals surface area contributed by atoms with Crippen LogP contribution in [0.1, 0.15) is 40.2 Å². The molecule has 1 aliphatic rings. The van der Waals surface area contributed by atoms with Crippen LogP contribution < -0.4 is 0 Å². The van der Waals surface area contributed by atoms with Gasteiger partial charge in [-0.15, -0.1) is 5.10 Å². The zero-order valence-electron chi connectivity index (χ0n) is 12.9. The molecule has 1 aromatic heterocycles. The van der Waals surface area contributed by atoms with E-state index in [2.05, 4.69) is 39.9 Å². The summed E-state index contributed by atoms with van der Waals surface area (Å²) in [6, 6.07) is 10.6. The van der Waals surface area contributed by atoms with E-state index in [1.54, 1.807) is 0 Å². The van der Waals surface area contributed by atoms with Gasteiger partial charge in [0, 0.05) is 13.1 Å². The lowest BCUT2D eigenvalue weighted by atomic mass is 9.91. The molecule has 1 fully saturated rings. The number of hydrogen-bond acceptors (Lipinski definition) is 4. The van der Waals surface area contributed by atoms with Gasteiger partial charge >= 0.3 is 0 Å². The van der Waals surface area contributed by atoms with Crippen LogP contribution in [0.2, 0.25) is 0 Å². The SMILES string of the molecule is Cc1nnsc1C(=O)N1CCC[C@@H](CCc2ccccc2)C1. The molecule has 2 heterocycles. The first-order chi connectivity index (χ1) is 10.7. The molecule has 0 aliphatic carbocycles. The van der Waals surface area contributed by atoms with Gasteiger partial charge in [0.15, 0.2) is 0 Å². The maximum absolute atomic E-state index is 12.6. The predicted octanol–water partition coefficient (Wildman–Crippen LogP) is 3.33. The van der Waals surface area contributed by atoms with Crippen molar-refractivity contribution >= 4 is 17.4 Å². The Balaban J connectivity index is 1.57. The number of amides is 1. The molecule has 0 unspecified atom stereocenters. The van der Waals surface area contributed by atoms with E-state index in [0.717, 1.165) is 38.0 Å². The van der Waals surface area contributed by atoms with Crippen LogP contribution in [0.25, 0.3) is 0 Å². The Labute approximate surface area is 135 Å². The van der Waals surface area contributed by atoms with E-state index in [1.807, 2.05) is 11.8 Å². The van der Waals surface area contributed by atoms with E-state index in [-0.39, 0.29) is 5.91 Å². The molecule has 4 nitrogen and oxygen atoms in total. The largest absolute Gasteiger partial charge is 0.338 e. The van der Waals surface area contributed by atoms with Gasteiger partial charge in [-0.05, 0) is 55.6 Å². The number of benzene rings is 1. The van der Waals surface area contributed by atoms with Gasteiger partial charge in [0.2, 0.25) is 0 Å². The summed E-state index contributed by atoms with van der Waals surface area (Å²) in [7, 11) is 0. The average Bonchev–Trinajstić information content (AvgIpc) is 2.99. The van der Waals surface area contributed by atoms with Crippen LogP contribution in [0.3, 0.4) is 0 Å². The van der Waals surface area contributed by atoms with Crippen LogP contribution >= 0.6 is 11.5 Å². The van der Waals surface area contributed by atoms with Gasteiger partial charge in [-0.25, -0.2) is 0 Å². The van der Waals surface area contributed by atoms with Gasteiger partial charge in [-0.1, -0.05) is 34.8 Å². The minimum absolute atomic E-state index is 0.108. The molecule has 0 saturated carbocycles. The normalized spacial score (nSPS) is 18.4. The molecule has 1 aliphatic heterocycles. The van der Waals surface area contributed by atoms with Crippen molar-refractivity contribution in [3.8, 4) is 0 Å². The fourth-order valence-corrected chi connectivity index (χ4v) is 3.70. The second-order valence-electron chi connectivity index (χ2n) is 5.97. The quantitative estimate of drug-likeness (QED) is 0.869. The summed E-state index contributed by atoms with van der Waals surface area (Å²) in [5.41, 5.74) is 2.13. The molecule has 0 N–H and O–H groups in total. The number of rotatable bonds is 4. The monoisotopic (exact) mass is 315 g/mol. The lowest BCUT2D eigenvalue weighted by molar-refractivity contribution is 0.0672. The first-order valence-corrected chi connectivity index (χ1v) is 8.63. The van der Waals surface area contributed by atoms with Gasteiger partial charge in [-0.2, -0.15) is 0 Å². The fourth-order valence-electron chi connectivity index (χ4n) is 3.07. The number of carbonyl (C=O) groups is 1. The number of aromatic nitrogens is 2. The lowest BCUT2D eigenvalue weighted by Crippen LogP contribution is -2.40. The van der Waals surface area contributed by atoms with Crippen molar-refractivity contribution < 1.29 is 4.79 Å². The first kappa shape index (κ1) is 15.2.